The molecular weight excluding hydrogens is 186 g/mol. The van der Waals surface area contributed by atoms with E-state index in [9.17, 15) is 4.79 Å². The van der Waals surface area contributed by atoms with Crippen LogP contribution in [0.1, 0.15) is 24.8 Å². The molecule has 0 bridgehead atoms. The quantitative estimate of drug-likeness (QED) is 0.722. The van der Waals surface area contributed by atoms with Crippen LogP contribution >= 0.6 is 0 Å². The Balaban J connectivity index is 2.10. The fourth-order valence-electron chi connectivity index (χ4n) is 2.26. The monoisotopic (exact) mass is 203 g/mol. The molecule has 2 atom stereocenters. The fourth-order valence-corrected chi connectivity index (χ4v) is 2.26. The van der Waals surface area contributed by atoms with Crippen LogP contribution in [0.2, 0.25) is 0 Å². The first kappa shape index (κ1) is 10.2. The van der Waals surface area contributed by atoms with E-state index in [1.165, 1.54) is 5.56 Å². The zero-order valence-electron chi connectivity index (χ0n) is 9.31. The molecule has 1 heterocycles. The zero-order valence-corrected chi connectivity index (χ0v) is 9.31. The molecule has 1 fully saturated rings. The summed E-state index contributed by atoms with van der Waals surface area (Å²) in [6.45, 7) is 3.11. The topological polar surface area (TPSA) is 20.3 Å². The summed E-state index contributed by atoms with van der Waals surface area (Å²) in [4.78, 5) is 13.3. The maximum Gasteiger partial charge on any atom is 0.222 e. The van der Waals surface area contributed by atoms with Crippen molar-refractivity contribution in [1.29, 1.82) is 0 Å². The van der Waals surface area contributed by atoms with Crippen LogP contribution in [0.5, 0.6) is 0 Å². The van der Waals surface area contributed by atoms with E-state index in [1.54, 1.807) is 0 Å². The van der Waals surface area contributed by atoms with E-state index in [1.807, 2.05) is 18.0 Å². The van der Waals surface area contributed by atoms with Crippen molar-refractivity contribution in [2.24, 2.45) is 5.92 Å². The molecule has 0 aliphatic carbocycles. The van der Waals surface area contributed by atoms with Crippen molar-refractivity contribution in [2.45, 2.75) is 19.3 Å². The van der Waals surface area contributed by atoms with E-state index < -0.39 is 0 Å². The van der Waals surface area contributed by atoms with Crippen LogP contribution < -0.4 is 0 Å². The molecule has 1 aromatic rings. The summed E-state index contributed by atoms with van der Waals surface area (Å²) in [5.74, 6) is 1.23. The molecule has 0 N–H and O–H groups in total. The van der Waals surface area contributed by atoms with Gasteiger partial charge in [0, 0.05) is 20.0 Å². The highest BCUT2D eigenvalue weighted by molar-refractivity contribution is 5.78. The predicted octanol–water partition coefficient (Wildman–Crippen LogP) is 2.27. The zero-order chi connectivity index (χ0) is 10.8. The lowest BCUT2D eigenvalue weighted by molar-refractivity contribution is -0.126. The lowest BCUT2D eigenvalue weighted by atomic mass is 9.87. The van der Waals surface area contributed by atoms with Crippen molar-refractivity contribution in [1.82, 2.24) is 4.90 Å². The van der Waals surface area contributed by atoms with E-state index in [-0.39, 0.29) is 5.91 Å². The first-order valence-corrected chi connectivity index (χ1v) is 5.47. The van der Waals surface area contributed by atoms with Crippen molar-refractivity contribution < 1.29 is 4.79 Å². The third kappa shape index (κ3) is 2.04. The fraction of sp³-hybridized carbons (Fsp3) is 0.462. The normalized spacial score (nSPS) is 23.2. The van der Waals surface area contributed by atoms with Crippen molar-refractivity contribution in [3.05, 3.63) is 35.9 Å². The molecule has 0 radical (unpaired) electrons. The van der Waals surface area contributed by atoms with E-state index in [0.717, 1.165) is 6.54 Å². The van der Waals surface area contributed by atoms with E-state index in [2.05, 4.69) is 31.2 Å². The molecule has 1 amide bonds. The minimum atomic E-state index is 0.280. The van der Waals surface area contributed by atoms with Gasteiger partial charge < -0.3 is 4.90 Å². The highest BCUT2D eigenvalue weighted by Gasteiger charge is 2.31. The van der Waals surface area contributed by atoms with Gasteiger partial charge in [-0.1, -0.05) is 37.3 Å². The average molecular weight is 203 g/mol. The molecule has 0 spiro atoms. The molecule has 15 heavy (non-hydrogen) atoms. The van der Waals surface area contributed by atoms with Gasteiger partial charge in [0.05, 0.1) is 0 Å². The lowest BCUT2D eigenvalue weighted by Crippen LogP contribution is -2.20. The molecule has 2 heteroatoms. The first-order chi connectivity index (χ1) is 7.18. The number of benzene rings is 1. The Morgan fingerprint density at radius 1 is 1.33 bits per heavy atom. The summed E-state index contributed by atoms with van der Waals surface area (Å²) >= 11 is 0. The second kappa shape index (κ2) is 4.05. The Labute approximate surface area is 90.9 Å². The van der Waals surface area contributed by atoms with Gasteiger partial charge in [-0.05, 0) is 17.4 Å². The predicted molar refractivity (Wildman–Crippen MR) is 60.6 cm³/mol. The Morgan fingerprint density at radius 2 is 2.00 bits per heavy atom. The van der Waals surface area contributed by atoms with Crippen LogP contribution in [0.25, 0.3) is 0 Å². The van der Waals surface area contributed by atoms with Crippen LogP contribution in [0.15, 0.2) is 30.3 Å². The molecule has 1 aromatic carbocycles. The molecule has 2 nitrogen and oxygen atoms in total. The Bertz CT molecular complexity index is 347. The van der Waals surface area contributed by atoms with Gasteiger partial charge in [0.15, 0.2) is 0 Å². The molecule has 80 valence electrons. The third-order valence-corrected chi connectivity index (χ3v) is 3.40. The van der Waals surface area contributed by atoms with E-state index in [0.29, 0.717) is 18.3 Å². The number of hydrogen-bond donors (Lipinski definition) is 0. The van der Waals surface area contributed by atoms with Crippen molar-refractivity contribution >= 4 is 5.91 Å². The van der Waals surface area contributed by atoms with E-state index >= 15 is 0 Å². The van der Waals surface area contributed by atoms with Gasteiger partial charge in [0.25, 0.3) is 0 Å². The van der Waals surface area contributed by atoms with Crippen LogP contribution in [-0.2, 0) is 4.79 Å². The van der Waals surface area contributed by atoms with Gasteiger partial charge in [-0.15, -0.1) is 0 Å². The number of hydrogen-bond acceptors (Lipinski definition) is 1. The minimum absolute atomic E-state index is 0.280. The highest BCUT2D eigenvalue weighted by Crippen LogP contribution is 2.31. The van der Waals surface area contributed by atoms with Crippen molar-refractivity contribution in [3.63, 3.8) is 0 Å². The largest absolute Gasteiger partial charge is 0.345 e. The molecule has 1 aliphatic heterocycles. The Hall–Kier alpha value is -1.31. The lowest BCUT2D eigenvalue weighted by Gasteiger charge is -2.18. The molecule has 2 rings (SSSR count). The summed E-state index contributed by atoms with van der Waals surface area (Å²) in [5, 5.41) is 0. The van der Waals surface area contributed by atoms with Crippen LogP contribution in [0.4, 0.5) is 0 Å². The maximum absolute atomic E-state index is 11.4. The molecule has 1 saturated heterocycles. The van der Waals surface area contributed by atoms with Gasteiger partial charge in [-0.3, -0.25) is 4.79 Å². The number of rotatable bonds is 2. The second-order valence-electron chi connectivity index (χ2n) is 4.44. The van der Waals surface area contributed by atoms with Gasteiger partial charge in [0.1, 0.15) is 0 Å². The van der Waals surface area contributed by atoms with Crippen molar-refractivity contribution in [2.75, 3.05) is 13.6 Å². The van der Waals surface area contributed by atoms with Crippen molar-refractivity contribution in [3.8, 4) is 0 Å². The molecular formula is C13H17NO. The second-order valence-corrected chi connectivity index (χ2v) is 4.44. The number of likely N-dealkylation sites (tertiary alicyclic amines) is 1. The Kier molecular flexibility index (Phi) is 2.76. The first-order valence-electron chi connectivity index (χ1n) is 5.47. The van der Waals surface area contributed by atoms with Gasteiger partial charge in [-0.25, -0.2) is 0 Å². The maximum atomic E-state index is 11.4. The SMILES string of the molecule is C[C@@H](c1ccccc1)[C@@H]1CC(=O)N(C)C1. The molecule has 1 aliphatic rings. The van der Waals surface area contributed by atoms with E-state index in [4.69, 9.17) is 0 Å². The summed E-state index contributed by atoms with van der Waals surface area (Å²) < 4.78 is 0. The van der Waals surface area contributed by atoms with Crippen LogP contribution in [0.3, 0.4) is 0 Å². The summed E-state index contributed by atoms with van der Waals surface area (Å²) in [6.07, 6.45) is 0.701. The smallest absolute Gasteiger partial charge is 0.222 e. The molecule has 0 unspecified atom stereocenters. The number of amides is 1. The number of nitrogens with zero attached hydrogens (tertiary/aromatic N) is 1. The third-order valence-electron chi connectivity index (χ3n) is 3.40. The minimum Gasteiger partial charge on any atom is -0.345 e. The van der Waals surface area contributed by atoms with Gasteiger partial charge >= 0.3 is 0 Å². The molecule has 0 saturated carbocycles. The van der Waals surface area contributed by atoms with Gasteiger partial charge in [0.2, 0.25) is 5.91 Å². The highest BCUT2D eigenvalue weighted by atomic mass is 16.2. The summed E-state index contributed by atoms with van der Waals surface area (Å²) in [6, 6.07) is 10.4. The Morgan fingerprint density at radius 3 is 2.53 bits per heavy atom. The standard InChI is InChI=1S/C13H17NO/c1-10(11-6-4-3-5-7-11)12-8-13(15)14(2)9-12/h3-7,10,12H,8-9H2,1-2H3/t10-,12+/m0/s1. The van der Waals surface area contributed by atoms with Crippen LogP contribution in [-0.4, -0.2) is 24.4 Å². The number of carbonyl (C=O) groups excluding carboxylic acids is 1. The van der Waals surface area contributed by atoms with Crippen LogP contribution in [0, 0.1) is 5.92 Å². The average Bonchev–Trinajstić information content (AvgIpc) is 2.59. The number of carbonyl (C=O) groups is 1. The summed E-state index contributed by atoms with van der Waals surface area (Å²) in [7, 11) is 1.89. The summed E-state index contributed by atoms with van der Waals surface area (Å²) in [5.41, 5.74) is 1.34. The molecule has 0 aromatic heterocycles. The van der Waals surface area contributed by atoms with Gasteiger partial charge in [-0.2, -0.15) is 0 Å².